The van der Waals surface area contributed by atoms with Gasteiger partial charge in [-0.2, -0.15) is 4.98 Å². The highest BCUT2D eigenvalue weighted by atomic mass is 35.5. The van der Waals surface area contributed by atoms with Crippen LogP contribution in [0.2, 0.25) is 5.02 Å². The lowest BCUT2D eigenvalue weighted by atomic mass is 9.84. The van der Waals surface area contributed by atoms with E-state index in [-0.39, 0.29) is 5.91 Å². The zero-order valence-electron chi connectivity index (χ0n) is 20.6. The van der Waals surface area contributed by atoms with Gasteiger partial charge in [-0.25, -0.2) is 4.52 Å². The number of piperidine rings is 1. The molecule has 2 aromatic carbocycles. The molecule has 0 unspecified atom stereocenters. The summed E-state index contributed by atoms with van der Waals surface area (Å²) in [6.45, 7) is 2.29. The summed E-state index contributed by atoms with van der Waals surface area (Å²) in [5.74, 6) is 0.387. The number of nitrogens with two attached hydrogens (primary N) is 1. The van der Waals surface area contributed by atoms with Crippen LogP contribution in [0.1, 0.15) is 28.8 Å². The van der Waals surface area contributed by atoms with Crippen LogP contribution in [0, 0.1) is 0 Å². The second-order valence-electron chi connectivity index (χ2n) is 9.34. The first-order valence-electron chi connectivity index (χ1n) is 12.3. The molecule has 4 aromatic rings. The van der Waals surface area contributed by atoms with Gasteiger partial charge in [0.2, 0.25) is 5.95 Å². The van der Waals surface area contributed by atoms with Crippen molar-refractivity contribution in [1.29, 1.82) is 0 Å². The topological polar surface area (TPSA) is 112 Å². The zero-order valence-corrected chi connectivity index (χ0v) is 21.4. The molecule has 9 nitrogen and oxygen atoms in total. The molecule has 1 fully saturated rings. The molecule has 37 heavy (non-hydrogen) atoms. The second kappa shape index (κ2) is 10.4. The van der Waals surface area contributed by atoms with Crippen LogP contribution in [-0.2, 0) is 5.60 Å². The van der Waals surface area contributed by atoms with Crippen molar-refractivity contribution in [3.8, 4) is 0 Å². The van der Waals surface area contributed by atoms with Crippen LogP contribution < -0.4 is 16.0 Å². The number of nitrogens with zero attached hydrogens (tertiary/aromatic N) is 5. The summed E-state index contributed by atoms with van der Waals surface area (Å²) in [5, 5.41) is 19.7. The number of nitrogens with one attached hydrogen (secondary N) is 1. The van der Waals surface area contributed by atoms with Gasteiger partial charge in [-0.3, -0.25) is 4.79 Å². The number of rotatable bonds is 7. The summed E-state index contributed by atoms with van der Waals surface area (Å²) in [6.07, 6.45) is 3.06. The maximum absolute atomic E-state index is 12.4. The molecule has 4 N–H and O–H groups in total. The number of hydrogen-bond donors (Lipinski definition) is 3. The smallest absolute Gasteiger partial charge is 0.253 e. The highest BCUT2D eigenvalue weighted by Crippen LogP contribution is 2.36. The van der Waals surface area contributed by atoms with Crippen molar-refractivity contribution in [2.45, 2.75) is 18.4 Å². The molecule has 2 aromatic heterocycles. The van der Waals surface area contributed by atoms with E-state index in [1.807, 2.05) is 54.7 Å². The quantitative estimate of drug-likeness (QED) is 0.341. The average molecular weight is 520 g/mol. The van der Waals surface area contributed by atoms with E-state index in [1.165, 1.54) is 0 Å². The molecule has 0 aliphatic carbocycles. The summed E-state index contributed by atoms with van der Waals surface area (Å²) in [5.41, 5.74) is 8.63. The number of benzene rings is 2. The standard InChI is InChI=1S/C27H30ClN7O2/c1-33(18-14-29)25(36)19-4-10-22(11-5-19)30-26-31-24-23(3-2-15-35(24)32-26)34-16-12-27(37,13-17-34)20-6-8-21(28)9-7-20/h2-11,15,37H,12-14,16-18,29H2,1H3,(H,30,32). The van der Waals surface area contributed by atoms with Gasteiger partial charge in [-0.1, -0.05) is 23.7 Å². The monoisotopic (exact) mass is 519 g/mol. The number of amides is 1. The van der Waals surface area contributed by atoms with Gasteiger partial charge in [0.05, 0.1) is 11.3 Å². The minimum atomic E-state index is -0.876. The fraction of sp³-hybridized carbons (Fsp3) is 0.296. The van der Waals surface area contributed by atoms with Crippen LogP contribution in [0.4, 0.5) is 17.3 Å². The molecule has 3 heterocycles. The van der Waals surface area contributed by atoms with Crippen molar-refractivity contribution >= 4 is 40.5 Å². The highest BCUT2D eigenvalue weighted by molar-refractivity contribution is 6.30. The molecule has 10 heteroatoms. The Balaban J connectivity index is 1.29. The Morgan fingerprint density at radius 2 is 1.84 bits per heavy atom. The Morgan fingerprint density at radius 1 is 1.14 bits per heavy atom. The summed E-state index contributed by atoms with van der Waals surface area (Å²) >= 11 is 6.02. The Labute approximate surface area is 220 Å². The number of fused-ring (bicyclic) bond motifs is 1. The number of aromatic nitrogens is 3. The predicted octanol–water partition coefficient (Wildman–Crippen LogP) is 3.65. The minimum Gasteiger partial charge on any atom is -0.385 e. The van der Waals surface area contributed by atoms with Gasteiger partial charge in [0.1, 0.15) is 0 Å². The van der Waals surface area contributed by atoms with Crippen molar-refractivity contribution < 1.29 is 9.90 Å². The zero-order chi connectivity index (χ0) is 26.0. The Kier molecular flexibility index (Phi) is 7.01. The molecule has 1 aliphatic heterocycles. The van der Waals surface area contributed by atoms with Gasteiger partial charge in [0.15, 0.2) is 5.65 Å². The molecule has 1 aliphatic rings. The molecule has 192 valence electrons. The third-order valence-corrected chi connectivity index (χ3v) is 7.11. The van der Waals surface area contributed by atoms with Gasteiger partial charge in [0, 0.05) is 55.7 Å². The van der Waals surface area contributed by atoms with E-state index >= 15 is 0 Å². The molecule has 0 spiro atoms. The first-order chi connectivity index (χ1) is 17.9. The molecule has 0 atom stereocenters. The molecule has 1 saturated heterocycles. The number of aliphatic hydroxyl groups is 1. The van der Waals surface area contributed by atoms with Crippen LogP contribution in [0.15, 0.2) is 66.9 Å². The van der Waals surface area contributed by atoms with Crippen molar-refractivity contribution in [2.75, 3.05) is 43.4 Å². The Hall–Kier alpha value is -3.66. The van der Waals surface area contributed by atoms with Crippen LogP contribution in [-0.4, -0.2) is 63.7 Å². The van der Waals surface area contributed by atoms with E-state index in [9.17, 15) is 9.90 Å². The van der Waals surface area contributed by atoms with Gasteiger partial charge >= 0.3 is 0 Å². The van der Waals surface area contributed by atoms with E-state index < -0.39 is 5.60 Å². The summed E-state index contributed by atoms with van der Waals surface area (Å²) in [4.78, 5) is 21.0. The number of anilines is 3. The first kappa shape index (κ1) is 25.0. The van der Waals surface area contributed by atoms with Gasteiger partial charge in [-0.05, 0) is 66.9 Å². The summed E-state index contributed by atoms with van der Waals surface area (Å²) in [7, 11) is 1.74. The maximum atomic E-state index is 12.4. The first-order valence-corrected chi connectivity index (χ1v) is 12.7. The summed E-state index contributed by atoms with van der Waals surface area (Å²) < 4.78 is 1.75. The summed E-state index contributed by atoms with van der Waals surface area (Å²) in [6, 6.07) is 18.6. The van der Waals surface area contributed by atoms with Crippen molar-refractivity contribution in [3.63, 3.8) is 0 Å². The van der Waals surface area contributed by atoms with Crippen LogP contribution in [0.5, 0.6) is 0 Å². The fourth-order valence-corrected chi connectivity index (χ4v) is 4.83. The van der Waals surface area contributed by atoms with Crippen molar-refractivity contribution in [1.82, 2.24) is 19.5 Å². The number of pyridine rings is 1. The number of carbonyl (C=O) groups is 1. The van der Waals surface area contributed by atoms with Crippen LogP contribution >= 0.6 is 11.6 Å². The molecule has 0 radical (unpaired) electrons. The van der Waals surface area contributed by atoms with E-state index in [2.05, 4.69) is 15.3 Å². The van der Waals surface area contributed by atoms with E-state index in [0.29, 0.717) is 55.6 Å². The fourth-order valence-electron chi connectivity index (χ4n) is 4.70. The number of likely N-dealkylation sites (N-methyl/N-ethyl adjacent to an activating group) is 1. The normalized spacial score (nSPS) is 15.1. The van der Waals surface area contributed by atoms with E-state index in [4.69, 9.17) is 22.3 Å². The van der Waals surface area contributed by atoms with Crippen molar-refractivity contribution in [2.24, 2.45) is 5.73 Å². The molecule has 1 amide bonds. The average Bonchev–Trinajstić information content (AvgIpc) is 3.32. The van der Waals surface area contributed by atoms with E-state index in [0.717, 1.165) is 22.6 Å². The molecular formula is C27H30ClN7O2. The highest BCUT2D eigenvalue weighted by Gasteiger charge is 2.34. The van der Waals surface area contributed by atoms with Crippen LogP contribution in [0.25, 0.3) is 5.65 Å². The van der Waals surface area contributed by atoms with Gasteiger partial charge < -0.3 is 26.0 Å². The number of halogens is 1. The Morgan fingerprint density at radius 3 is 2.51 bits per heavy atom. The van der Waals surface area contributed by atoms with Gasteiger partial charge in [-0.15, -0.1) is 5.10 Å². The van der Waals surface area contributed by atoms with Crippen molar-refractivity contribution in [3.05, 3.63) is 83.0 Å². The molecule has 0 saturated carbocycles. The third kappa shape index (κ3) is 5.24. The second-order valence-corrected chi connectivity index (χ2v) is 9.78. The lowest BCUT2D eigenvalue weighted by molar-refractivity contribution is 0.0118. The lowest BCUT2D eigenvalue weighted by Gasteiger charge is -2.39. The predicted molar refractivity (Wildman–Crippen MR) is 146 cm³/mol. The number of hydrogen-bond acceptors (Lipinski definition) is 7. The Bertz CT molecular complexity index is 1380. The van der Waals surface area contributed by atoms with E-state index in [1.54, 1.807) is 28.6 Å². The van der Waals surface area contributed by atoms with Gasteiger partial charge in [0.25, 0.3) is 5.91 Å². The molecule has 5 rings (SSSR count). The molecular weight excluding hydrogens is 490 g/mol. The lowest BCUT2D eigenvalue weighted by Crippen LogP contribution is -2.42. The molecule has 0 bridgehead atoms. The largest absolute Gasteiger partial charge is 0.385 e. The van der Waals surface area contributed by atoms with Crippen LogP contribution in [0.3, 0.4) is 0 Å². The SMILES string of the molecule is CN(CCN)C(=O)c1ccc(Nc2nc3c(N4CCC(O)(c5ccc(Cl)cc5)CC4)cccn3n2)cc1. The third-order valence-electron chi connectivity index (χ3n) is 6.85. The minimum absolute atomic E-state index is 0.0722. The maximum Gasteiger partial charge on any atom is 0.253 e. The number of carbonyl (C=O) groups excluding carboxylic acids is 1.